The van der Waals surface area contributed by atoms with Crippen LogP contribution in [0.4, 0.5) is 8.78 Å². The number of halogens is 2. The lowest BCUT2D eigenvalue weighted by Gasteiger charge is -2.35. The van der Waals surface area contributed by atoms with Crippen molar-refractivity contribution in [2.45, 2.75) is 12.8 Å². The second-order valence-electron chi connectivity index (χ2n) is 7.22. The van der Waals surface area contributed by atoms with Crippen molar-refractivity contribution in [2.24, 2.45) is 0 Å². The van der Waals surface area contributed by atoms with Gasteiger partial charge in [-0.05, 0) is 12.5 Å². The Labute approximate surface area is 166 Å². The molecule has 1 saturated heterocycles. The molecule has 0 bridgehead atoms. The number of hydrogen-bond donors (Lipinski definition) is 0. The number of benzene rings is 1. The summed E-state index contributed by atoms with van der Waals surface area (Å²) >= 11 is 0. The number of amides is 1. The van der Waals surface area contributed by atoms with Crippen molar-refractivity contribution in [3.63, 3.8) is 0 Å². The third-order valence-corrected chi connectivity index (χ3v) is 5.49. The second-order valence-corrected chi connectivity index (χ2v) is 7.22. The van der Waals surface area contributed by atoms with Gasteiger partial charge in [-0.3, -0.25) is 4.79 Å². The molecule has 0 atom stereocenters. The van der Waals surface area contributed by atoms with E-state index >= 15 is 0 Å². The normalized spacial score (nSPS) is 16.4. The smallest absolute Gasteiger partial charge is 0.280 e. The predicted octanol–water partition coefficient (Wildman–Crippen LogP) is 3.38. The number of rotatable bonds is 3. The fraction of sp³-hybridized carbons (Fsp3) is 0.286. The maximum atomic E-state index is 13.7. The molecule has 0 spiro atoms. The Balaban J connectivity index is 1.57. The molecule has 0 radical (unpaired) electrons. The number of alkyl halides is 2. The Morgan fingerprint density at radius 1 is 1.10 bits per heavy atom. The third kappa shape index (κ3) is 3.04. The SMILES string of the molecule is O=C(c1cnn2c(C(F)F)cc(-c3ccccc3)nc12)N1CCN2CCC=C2C1. The number of carbonyl (C=O) groups excluding carboxylic acids is 1. The van der Waals surface area contributed by atoms with Crippen molar-refractivity contribution < 1.29 is 13.6 Å². The van der Waals surface area contributed by atoms with Gasteiger partial charge >= 0.3 is 0 Å². The molecule has 4 heterocycles. The Kier molecular flexibility index (Phi) is 4.26. The topological polar surface area (TPSA) is 53.7 Å². The van der Waals surface area contributed by atoms with Crippen molar-refractivity contribution in [2.75, 3.05) is 26.2 Å². The molecule has 0 aliphatic carbocycles. The van der Waals surface area contributed by atoms with Gasteiger partial charge in [0.05, 0.1) is 18.4 Å². The van der Waals surface area contributed by atoms with E-state index in [-0.39, 0.29) is 22.8 Å². The maximum absolute atomic E-state index is 13.7. The van der Waals surface area contributed by atoms with E-state index in [0.717, 1.165) is 29.7 Å². The van der Waals surface area contributed by atoms with Crippen LogP contribution in [0.15, 0.2) is 54.4 Å². The minimum atomic E-state index is -2.74. The molecule has 148 valence electrons. The summed E-state index contributed by atoms with van der Waals surface area (Å²) in [6.45, 7) is 2.89. The Morgan fingerprint density at radius 2 is 1.93 bits per heavy atom. The highest BCUT2D eigenvalue weighted by atomic mass is 19.3. The first-order valence-electron chi connectivity index (χ1n) is 9.57. The van der Waals surface area contributed by atoms with Gasteiger partial charge in [0.15, 0.2) is 5.65 Å². The van der Waals surface area contributed by atoms with Crippen LogP contribution in [0.1, 0.15) is 28.9 Å². The van der Waals surface area contributed by atoms with Crippen molar-refractivity contribution in [1.82, 2.24) is 24.4 Å². The maximum Gasteiger partial charge on any atom is 0.280 e. The summed E-state index contributed by atoms with van der Waals surface area (Å²) in [5.74, 6) is -0.231. The van der Waals surface area contributed by atoms with Gasteiger partial charge < -0.3 is 9.80 Å². The lowest BCUT2D eigenvalue weighted by molar-refractivity contribution is 0.0710. The highest BCUT2D eigenvalue weighted by Gasteiger charge is 2.30. The first kappa shape index (κ1) is 17.8. The third-order valence-electron chi connectivity index (χ3n) is 5.49. The monoisotopic (exact) mass is 395 g/mol. The summed E-state index contributed by atoms with van der Waals surface area (Å²) in [7, 11) is 0. The minimum Gasteiger partial charge on any atom is -0.372 e. The van der Waals surface area contributed by atoms with Crippen LogP contribution in [-0.2, 0) is 0 Å². The van der Waals surface area contributed by atoms with E-state index < -0.39 is 6.43 Å². The fourth-order valence-corrected chi connectivity index (χ4v) is 3.99. The Hall–Kier alpha value is -3.29. The first-order valence-corrected chi connectivity index (χ1v) is 9.57. The van der Waals surface area contributed by atoms with E-state index in [1.54, 1.807) is 17.0 Å². The molecular formula is C21H19F2N5O. The quantitative estimate of drug-likeness (QED) is 0.682. The van der Waals surface area contributed by atoms with Gasteiger partial charge in [-0.2, -0.15) is 5.10 Å². The lowest BCUT2D eigenvalue weighted by atomic mass is 10.1. The van der Waals surface area contributed by atoms with Crippen molar-refractivity contribution in [3.05, 3.63) is 65.6 Å². The van der Waals surface area contributed by atoms with E-state index in [9.17, 15) is 13.6 Å². The summed E-state index contributed by atoms with van der Waals surface area (Å²) < 4.78 is 28.5. The van der Waals surface area contributed by atoms with Crippen LogP contribution in [0.3, 0.4) is 0 Å². The average Bonchev–Trinajstić information content (AvgIpc) is 3.39. The average molecular weight is 395 g/mol. The molecule has 29 heavy (non-hydrogen) atoms. The molecule has 3 aromatic rings. The molecule has 1 fully saturated rings. The van der Waals surface area contributed by atoms with Gasteiger partial charge in [0.1, 0.15) is 11.3 Å². The summed E-state index contributed by atoms with van der Waals surface area (Å²) in [4.78, 5) is 21.7. The van der Waals surface area contributed by atoms with E-state index in [1.165, 1.54) is 12.3 Å². The van der Waals surface area contributed by atoms with Gasteiger partial charge in [0, 0.05) is 30.9 Å². The second kappa shape index (κ2) is 6.95. The van der Waals surface area contributed by atoms with Crippen LogP contribution in [0, 0.1) is 0 Å². The standard InChI is InChI=1S/C21H19F2N5O/c22-19(23)18-11-17(14-5-2-1-3-6-14)25-20-16(12-24-28(18)20)21(29)27-10-9-26-8-4-7-15(26)13-27/h1-3,5-7,11-12,19H,4,8-10,13H2. The summed E-state index contributed by atoms with van der Waals surface area (Å²) in [6, 6.07) is 10.4. The summed E-state index contributed by atoms with van der Waals surface area (Å²) in [5, 5.41) is 4.06. The van der Waals surface area contributed by atoms with Crippen LogP contribution in [0.25, 0.3) is 16.9 Å². The van der Waals surface area contributed by atoms with E-state index in [0.29, 0.717) is 24.3 Å². The zero-order chi connectivity index (χ0) is 20.0. The van der Waals surface area contributed by atoms with E-state index in [4.69, 9.17) is 0 Å². The predicted molar refractivity (Wildman–Crippen MR) is 104 cm³/mol. The molecule has 2 aromatic heterocycles. The van der Waals surface area contributed by atoms with Crippen molar-refractivity contribution >= 4 is 11.6 Å². The van der Waals surface area contributed by atoms with Crippen LogP contribution in [0.5, 0.6) is 0 Å². The van der Waals surface area contributed by atoms with Crippen LogP contribution in [-0.4, -0.2) is 56.5 Å². The largest absolute Gasteiger partial charge is 0.372 e. The molecule has 5 rings (SSSR count). The van der Waals surface area contributed by atoms with Crippen molar-refractivity contribution in [3.8, 4) is 11.3 Å². The Morgan fingerprint density at radius 3 is 2.72 bits per heavy atom. The molecule has 0 N–H and O–H groups in total. The van der Waals surface area contributed by atoms with Crippen LogP contribution in [0.2, 0.25) is 0 Å². The van der Waals surface area contributed by atoms with Crippen LogP contribution >= 0.6 is 0 Å². The molecule has 0 unspecified atom stereocenters. The van der Waals surface area contributed by atoms with E-state index in [1.807, 2.05) is 18.2 Å². The number of piperazine rings is 1. The highest BCUT2D eigenvalue weighted by Crippen LogP contribution is 2.28. The van der Waals surface area contributed by atoms with Gasteiger partial charge in [0.2, 0.25) is 0 Å². The Bertz CT molecular complexity index is 1110. The molecule has 8 heteroatoms. The minimum absolute atomic E-state index is 0.162. The van der Waals surface area contributed by atoms with Gasteiger partial charge in [-0.25, -0.2) is 18.3 Å². The number of aromatic nitrogens is 3. The van der Waals surface area contributed by atoms with E-state index in [2.05, 4.69) is 21.1 Å². The number of carbonyl (C=O) groups is 1. The zero-order valence-electron chi connectivity index (χ0n) is 15.6. The fourth-order valence-electron chi connectivity index (χ4n) is 3.99. The molecule has 2 aliphatic rings. The lowest BCUT2D eigenvalue weighted by Crippen LogP contribution is -2.45. The van der Waals surface area contributed by atoms with Gasteiger partial charge in [0.25, 0.3) is 12.3 Å². The zero-order valence-corrected chi connectivity index (χ0v) is 15.6. The number of nitrogens with zero attached hydrogens (tertiary/aromatic N) is 5. The van der Waals surface area contributed by atoms with Crippen molar-refractivity contribution in [1.29, 1.82) is 0 Å². The number of fused-ring (bicyclic) bond motifs is 2. The summed E-state index contributed by atoms with van der Waals surface area (Å²) in [6.07, 6.45) is 1.75. The summed E-state index contributed by atoms with van der Waals surface area (Å²) in [5.41, 5.74) is 2.38. The van der Waals surface area contributed by atoms with Gasteiger partial charge in [-0.15, -0.1) is 0 Å². The highest BCUT2D eigenvalue weighted by molar-refractivity contribution is 6.00. The van der Waals surface area contributed by atoms with Crippen LogP contribution < -0.4 is 0 Å². The molecule has 2 aliphatic heterocycles. The molecule has 6 nitrogen and oxygen atoms in total. The molecular weight excluding hydrogens is 376 g/mol. The van der Waals surface area contributed by atoms with Gasteiger partial charge in [-0.1, -0.05) is 36.4 Å². The number of hydrogen-bond acceptors (Lipinski definition) is 4. The first-order chi connectivity index (χ1) is 14.1. The molecule has 1 amide bonds. The molecule has 1 aromatic carbocycles. The molecule has 0 saturated carbocycles.